The second kappa shape index (κ2) is 6.59. The lowest BCUT2D eigenvalue weighted by atomic mass is 9.82. The molecule has 1 aromatic heterocycles. The fraction of sp³-hybridized carbons (Fsp3) is 0.348. The van der Waals surface area contributed by atoms with Gasteiger partial charge >= 0.3 is 0 Å². The van der Waals surface area contributed by atoms with Crippen molar-refractivity contribution in [3.8, 4) is 0 Å². The largest absolute Gasteiger partial charge is 0.354 e. The van der Waals surface area contributed by atoms with Crippen molar-refractivity contribution in [2.24, 2.45) is 0 Å². The van der Waals surface area contributed by atoms with Gasteiger partial charge in [-0.05, 0) is 31.7 Å². The Kier molecular flexibility index (Phi) is 4.04. The van der Waals surface area contributed by atoms with Gasteiger partial charge in [-0.3, -0.25) is 4.79 Å². The normalized spacial score (nSPS) is 21.2. The van der Waals surface area contributed by atoms with Crippen molar-refractivity contribution < 1.29 is 4.79 Å². The van der Waals surface area contributed by atoms with E-state index in [2.05, 4.69) is 50.7 Å². The minimum absolute atomic E-state index is 0.0345. The highest BCUT2D eigenvalue weighted by Crippen LogP contribution is 2.40. The smallest absolute Gasteiger partial charge is 0.228 e. The van der Waals surface area contributed by atoms with E-state index >= 15 is 0 Å². The van der Waals surface area contributed by atoms with E-state index in [1.54, 1.807) is 0 Å². The topological polar surface area (TPSA) is 58.1 Å². The number of rotatable bonds is 2. The average molecular weight is 372 g/mol. The van der Waals surface area contributed by atoms with Gasteiger partial charge in [0.1, 0.15) is 0 Å². The molecule has 1 spiro atoms. The first-order valence-electron chi connectivity index (χ1n) is 9.99. The summed E-state index contributed by atoms with van der Waals surface area (Å²) >= 11 is 0. The predicted molar refractivity (Wildman–Crippen MR) is 110 cm³/mol. The molecule has 5 nitrogen and oxygen atoms in total. The molecule has 2 saturated heterocycles. The van der Waals surface area contributed by atoms with Crippen LogP contribution in [0.4, 0.5) is 5.82 Å². The maximum Gasteiger partial charge on any atom is 0.228 e. The van der Waals surface area contributed by atoms with Crippen LogP contribution in [-0.2, 0) is 4.79 Å². The number of nitrogens with one attached hydrogen (secondary N) is 1. The third-order valence-electron chi connectivity index (χ3n) is 6.37. The molecule has 1 atom stereocenters. The van der Waals surface area contributed by atoms with Crippen molar-refractivity contribution in [3.05, 3.63) is 65.9 Å². The molecule has 2 aromatic carbocycles. The Labute approximate surface area is 164 Å². The summed E-state index contributed by atoms with van der Waals surface area (Å²) in [6, 6.07) is 18.5. The van der Waals surface area contributed by atoms with Crippen molar-refractivity contribution in [2.45, 2.75) is 37.6 Å². The quantitative estimate of drug-likeness (QED) is 0.747. The number of piperidine rings is 1. The summed E-state index contributed by atoms with van der Waals surface area (Å²) in [6.45, 7) is 3.76. The highest BCUT2D eigenvalue weighted by atomic mass is 16.2. The molecule has 1 N–H and O–H groups in total. The Morgan fingerprint density at radius 2 is 1.64 bits per heavy atom. The molecular weight excluding hydrogens is 348 g/mol. The van der Waals surface area contributed by atoms with E-state index in [4.69, 9.17) is 0 Å². The Balaban J connectivity index is 1.36. The van der Waals surface area contributed by atoms with E-state index in [0.29, 0.717) is 0 Å². The van der Waals surface area contributed by atoms with Gasteiger partial charge in [0.05, 0.1) is 11.6 Å². The average Bonchev–Trinajstić information content (AvgIpc) is 3.06. The SMILES string of the molecule is Cc1nnc(N2CCC3(CC2)C[C@H](c2ccccc2)C(=O)N3)c2ccccc12. The second-order valence-electron chi connectivity index (χ2n) is 8.08. The van der Waals surface area contributed by atoms with Crippen molar-refractivity contribution in [1.29, 1.82) is 0 Å². The molecule has 1 amide bonds. The van der Waals surface area contributed by atoms with E-state index < -0.39 is 0 Å². The van der Waals surface area contributed by atoms with Crippen molar-refractivity contribution in [2.75, 3.05) is 18.0 Å². The molecule has 2 aliphatic rings. The lowest BCUT2D eigenvalue weighted by Crippen LogP contribution is -2.51. The van der Waals surface area contributed by atoms with E-state index in [-0.39, 0.29) is 17.4 Å². The number of aromatic nitrogens is 2. The zero-order chi connectivity index (χ0) is 19.1. The summed E-state index contributed by atoms with van der Waals surface area (Å²) in [7, 11) is 0. The van der Waals surface area contributed by atoms with Gasteiger partial charge in [-0.15, -0.1) is 5.10 Å². The number of fused-ring (bicyclic) bond motifs is 1. The Bertz CT molecular complexity index is 1030. The molecule has 28 heavy (non-hydrogen) atoms. The van der Waals surface area contributed by atoms with E-state index in [9.17, 15) is 4.79 Å². The Morgan fingerprint density at radius 1 is 0.964 bits per heavy atom. The number of carbonyl (C=O) groups excluding carboxylic acids is 1. The lowest BCUT2D eigenvalue weighted by Gasteiger charge is -2.40. The molecule has 2 aliphatic heterocycles. The Morgan fingerprint density at radius 3 is 2.39 bits per heavy atom. The fourth-order valence-electron chi connectivity index (χ4n) is 4.77. The molecule has 5 heteroatoms. The fourth-order valence-corrected chi connectivity index (χ4v) is 4.77. The summed E-state index contributed by atoms with van der Waals surface area (Å²) in [4.78, 5) is 15.0. The summed E-state index contributed by atoms with van der Waals surface area (Å²) in [6.07, 6.45) is 2.75. The van der Waals surface area contributed by atoms with E-state index in [1.807, 2.05) is 31.2 Å². The maximum absolute atomic E-state index is 12.7. The number of benzene rings is 2. The molecule has 0 bridgehead atoms. The van der Waals surface area contributed by atoms with E-state index in [1.165, 1.54) is 0 Å². The summed E-state index contributed by atoms with van der Waals surface area (Å²) in [5.74, 6) is 1.09. The number of anilines is 1. The summed E-state index contributed by atoms with van der Waals surface area (Å²) in [5.41, 5.74) is 1.98. The first kappa shape index (κ1) is 17.2. The highest BCUT2D eigenvalue weighted by molar-refractivity contribution is 5.93. The predicted octanol–water partition coefficient (Wildman–Crippen LogP) is 3.58. The monoisotopic (exact) mass is 372 g/mol. The van der Waals surface area contributed by atoms with Crippen LogP contribution in [0.15, 0.2) is 54.6 Å². The minimum atomic E-state index is -0.0952. The molecular formula is C23H24N4O. The van der Waals surface area contributed by atoms with Crippen LogP contribution >= 0.6 is 0 Å². The summed E-state index contributed by atoms with van der Waals surface area (Å²) in [5, 5.41) is 14.5. The number of hydrogen-bond donors (Lipinski definition) is 1. The molecule has 5 rings (SSSR count). The van der Waals surface area contributed by atoms with Crippen LogP contribution in [0.5, 0.6) is 0 Å². The number of hydrogen-bond acceptors (Lipinski definition) is 4. The number of aryl methyl sites for hydroxylation is 1. The van der Waals surface area contributed by atoms with Crippen molar-refractivity contribution in [1.82, 2.24) is 15.5 Å². The van der Waals surface area contributed by atoms with Crippen LogP contribution in [-0.4, -0.2) is 34.7 Å². The third-order valence-corrected chi connectivity index (χ3v) is 6.37. The molecule has 0 unspecified atom stereocenters. The van der Waals surface area contributed by atoms with Crippen LogP contribution in [0.2, 0.25) is 0 Å². The van der Waals surface area contributed by atoms with Gasteiger partial charge in [0.15, 0.2) is 5.82 Å². The van der Waals surface area contributed by atoms with Gasteiger partial charge in [-0.25, -0.2) is 0 Å². The van der Waals surface area contributed by atoms with Gasteiger partial charge in [-0.2, -0.15) is 5.10 Å². The van der Waals surface area contributed by atoms with Crippen molar-refractivity contribution >= 4 is 22.5 Å². The molecule has 2 fully saturated rings. The number of carbonyl (C=O) groups is 1. The van der Waals surface area contributed by atoms with Gasteiger partial charge in [-0.1, -0.05) is 54.6 Å². The van der Waals surface area contributed by atoms with Crippen LogP contribution < -0.4 is 10.2 Å². The highest BCUT2D eigenvalue weighted by Gasteiger charge is 2.46. The standard InChI is InChI=1S/C23H24N4O/c1-16-18-9-5-6-10-19(18)21(26-25-16)27-13-11-23(12-14-27)15-20(22(28)24-23)17-7-3-2-4-8-17/h2-10,20H,11-15H2,1H3,(H,24,28)/t20-/m1/s1. The molecule has 3 heterocycles. The molecule has 0 saturated carbocycles. The van der Waals surface area contributed by atoms with Gasteiger partial charge < -0.3 is 10.2 Å². The molecule has 0 radical (unpaired) electrons. The number of amides is 1. The lowest BCUT2D eigenvalue weighted by molar-refractivity contribution is -0.121. The molecule has 3 aromatic rings. The van der Waals surface area contributed by atoms with Gasteiger partial charge in [0.25, 0.3) is 0 Å². The minimum Gasteiger partial charge on any atom is -0.354 e. The zero-order valence-electron chi connectivity index (χ0n) is 16.1. The maximum atomic E-state index is 12.7. The van der Waals surface area contributed by atoms with Crippen molar-refractivity contribution in [3.63, 3.8) is 0 Å². The summed E-state index contributed by atoms with van der Waals surface area (Å²) < 4.78 is 0. The van der Waals surface area contributed by atoms with Crippen LogP contribution in [0.3, 0.4) is 0 Å². The first-order chi connectivity index (χ1) is 13.7. The van der Waals surface area contributed by atoms with Crippen LogP contribution in [0, 0.1) is 6.92 Å². The molecule has 142 valence electrons. The van der Waals surface area contributed by atoms with Crippen LogP contribution in [0.1, 0.15) is 36.4 Å². The van der Waals surface area contributed by atoms with Crippen LogP contribution in [0.25, 0.3) is 10.8 Å². The second-order valence-corrected chi connectivity index (χ2v) is 8.08. The number of nitrogens with zero attached hydrogens (tertiary/aromatic N) is 3. The molecule has 0 aliphatic carbocycles. The Hall–Kier alpha value is -2.95. The third kappa shape index (κ3) is 2.82. The first-order valence-corrected chi connectivity index (χ1v) is 9.99. The van der Waals surface area contributed by atoms with E-state index in [0.717, 1.165) is 60.2 Å². The van der Waals surface area contributed by atoms with Gasteiger partial charge in [0, 0.05) is 29.4 Å². The zero-order valence-corrected chi connectivity index (χ0v) is 16.1. The van der Waals surface area contributed by atoms with Gasteiger partial charge in [0.2, 0.25) is 5.91 Å².